The number of aromatic nitrogens is 2. The van der Waals surface area contributed by atoms with Gasteiger partial charge in [0.1, 0.15) is 5.01 Å². The Hall–Kier alpha value is -1.42. The molecule has 90 valence electrons. The molecule has 2 aromatic rings. The van der Waals surface area contributed by atoms with E-state index in [1.807, 2.05) is 0 Å². The maximum atomic E-state index is 4.10. The summed E-state index contributed by atoms with van der Waals surface area (Å²) >= 11 is 1.63. The van der Waals surface area contributed by atoms with Crippen molar-refractivity contribution in [3.8, 4) is 0 Å². The molecule has 0 saturated carbocycles. The molecule has 0 saturated heterocycles. The van der Waals surface area contributed by atoms with Crippen LogP contribution in [0.15, 0.2) is 18.2 Å². The summed E-state index contributed by atoms with van der Waals surface area (Å²) < 4.78 is 0. The van der Waals surface area contributed by atoms with Crippen LogP contribution < -0.4 is 5.32 Å². The van der Waals surface area contributed by atoms with Gasteiger partial charge in [0, 0.05) is 6.54 Å². The van der Waals surface area contributed by atoms with Crippen LogP contribution in [0, 0.1) is 13.8 Å². The van der Waals surface area contributed by atoms with E-state index >= 15 is 0 Å². The van der Waals surface area contributed by atoms with E-state index < -0.39 is 0 Å². The first-order valence-corrected chi connectivity index (χ1v) is 6.62. The van der Waals surface area contributed by atoms with Gasteiger partial charge in [-0.05, 0) is 25.8 Å². The molecule has 0 fully saturated rings. The van der Waals surface area contributed by atoms with Gasteiger partial charge in [-0.3, -0.25) is 0 Å². The molecule has 0 aliphatic rings. The Bertz CT molecular complexity index is 485. The van der Waals surface area contributed by atoms with E-state index in [9.17, 15) is 0 Å². The standard InChI is InChI=1S/C13H17N3S/c1-4-12-15-16-13(17-12)14-8-11-6-9(2)5-10(3)7-11/h5-7H,4,8H2,1-3H3,(H,14,16). The molecular formula is C13H17N3S. The minimum Gasteiger partial charge on any atom is -0.356 e. The van der Waals surface area contributed by atoms with Crippen molar-refractivity contribution >= 4 is 16.5 Å². The second-order valence-electron chi connectivity index (χ2n) is 4.20. The molecule has 0 radical (unpaired) electrons. The number of hydrogen-bond donors (Lipinski definition) is 1. The van der Waals surface area contributed by atoms with Crippen LogP contribution in [0.4, 0.5) is 5.13 Å². The molecule has 4 heteroatoms. The van der Waals surface area contributed by atoms with Gasteiger partial charge in [-0.15, -0.1) is 10.2 Å². The summed E-state index contributed by atoms with van der Waals surface area (Å²) in [5, 5.41) is 13.5. The van der Waals surface area contributed by atoms with Crippen LogP contribution >= 0.6 is 11.3 Å². The number of hydrogen-bond acceptors (Lipinski definition) is 4. The van der Waals surface area contributed by atoms with Crippen LogP contribution in [0.1, 0.15) is 28.6 Å². The summed E-state index contributed by atoms with van der Waals surface area (Å²) in [6.07, 6.45) is 0.947. The molecule has 1 aromatic heterocycles. The van der Waals surface area contributed by atoms with Crippen molar-refractivity contribution in [2.24, 2.45) is 0 Å². The van der Waals surface area contributed by atoms with E-state index in [0.717, 1.165) is 23.1 Å². The van der Waals surface area contributed by atoms with Gasteiger partial charge in [0.25, 0.3) is 0 Å². The summed E-state index contributed by atoms with van der Waals surface area (Å²) in [6, 6.07) is 6.58. The molecule has 0 spiro atoms. The fraction of sp³-hybridized carbons (Fsp3) is 0.385. The fourth-order valence-electron chi connectivity index (χ4n) is 1.82. The van der Waals surface area contributed by atoms with Crippen LogP contribution in [-0.2, 0) is 13.0 Å². The maximum Gasteiger partial charge on any atom is 0.205 e. The molecule has 0 amide bonds. The van der Waals surface area contributed by atoms with Gasteiger partial charge in [-0.1, -0.05) is 47.6 Å². The fourth-order valence-corrected chi connectivity index (χ4v) is 2.49. The highest BCUT2D eigenvalue weighted by Crippen LogP contribution is 2.17. The van der Waals surface area contributed by atoms with Crippen molar-refractivity contribution in [2.75, 3.05) is 5.32 Å². The average molecular weight is 247 g/mol. The highest BCUT2D eigenvalue weighted by Gasteiger charge is 2.02. The second-order valence-corrected chi connectivity index (χ2v) is 5.27. The predicted molar refractivity (Wildman–Crippen MR) is 72.5 cm³/mol. The Labute approximate surface area is 106 Å². The van der Waals surface area contributed by atoms with Crippen molar-refractivity contribution in [1.29, 1.82) is 0 Å². The molecule has 17 heavy (non-hydrogen) atoms. The first kappa shape index (κ1) is 12.0. The van der Waals surface area contributed by atoms with E-state index in [1.165, 1.54) is 16.7 Å². The normalized spacial score (nSPS) is 10.5. The lowest BCUT2D eigenvalue weighted by Crippen LogP contribution is -1.99. The van der Waals surface area contributed by atoms with Gasteiger partial charge < -0.3 is 5.32 Å². The molecule has 3 nitrogen and oxygen atoms in total. The Morgan fingerprint density at radius 2 is 1.82 bits per heavy atom. The Morgan fingerprint density at radius 3 is 2.41 bits per heavy atom. The largest absolute Gasteiger partial charge is 0.356 e. The topological polar surface area (TPSA) is 37.8 Å². The van der Waals surface area contributed by atoms with Crippen LogP contribution in [0.3, 0.4) is 0 Å². The van der Waals surface area contributed by atoms with Crippen LogP contribution in [0.5, 0.6) is 0 Å². The molecule has 0 unspecified atom stereocenters. The molecule has 1 heterocycles. The number of aryl methyl sites for hydroxylation is 3. The van der Waals surface area contributed by atoms with Gasteiger partial charge in [0.05, 0.1) is 0 Å². The first-order valence-electron chi connectivity index (χ1n) is 5.81. The van der Waals surface area contributed by atoms with Crippen molar-refractivity contribution in [1.82, 2.24) is 10.2 Å². The molecule has 0 atom stereocenters. The zero-order chi connectivity index (χ0) is 12.3. The average Bonchev–Trinajstić information content (AvgIpc) is 2.73. The second kappa shape index (κ2) is 5.27. The van der Waals surface area contributed by atoms with E-state index in [4.69, 9.17) is 0 Å². The van der Waals surface area contributed by atoms with Gasteiger partial charge in [0.2, 0.25) is 5.13 Å². The molecule has 2 rings (SSSR count). The summed E-state index contributed by atoms with van der Waals surface area (Å²) in [6.45, 7) is 7.14. The van der Waals surface area contributed by atoms with Gasteiger partial charge in [-0.2, -0.15) is 0 Å². The minimum absolute atomic E-state index is 0.806. The summed E-state index contributed by atoms with van der Waals surface area (Å²) in [5.41, 5.74) is 3.89. The summed E-state index contributed by atoms with van der Waals surface area (Å²) in [7, 11) is 0. The van der Waals surface area contributed by atoms with E-state index in [-0.39, 0.29) is 0 Å². The van der Waals surface area contributed by atoms with Gasteiger partial charge >= 0.3 is 0 Å². The highest BCUT2D eigenvalue weighted by atomic mass is 32.1. The third-order valence-corrected chi connectivity index (χ3v) is 3.52. The molecule has 0 bridgehead atoms. The number of rotatable bonds is 4. The Kier molecular flexibility index (Phi) is 3.74. The molecular weight excluding hydrogens is 230 g/mol. The van der Waals surface area contributed by atoms with E-state index in [1.54, 1.807) is 11.3 Å². The lowest BCUT2D eigenvalue weighted by molar-refractivity contribution is 0.975. The third kappa shape index (κ3) is 3.27. The highest BCUT2D eigenvalue weighted by molar-refractivity contribution is 7.15. The van der Waals surface area contributed by atoms with Crippen molar-refractivity contribution in [3.63, 3.8) is 0 Å². The van der Waals surface area contributed by atoms with Crippen LogP contribution in [-0.4, -0.2) is 10.2 Å². The van der Waals surface area contributed by atoms with E-state index in [0.29, 0.717) is 0 Å². The smallest absolute Gasteiger partial charge is 0.205 e. The van der Waals surface area contributed by atoms with Crippen molar-refractivity contribution in [3.05, 3.63) is 39.9 Å². The Morgan fingerprint density at radius 1 is 1.12 bits per heavy atom. The zero-order valence-electron chi connectivity index (χ0n) is 10.4. The van der Waals surface area contributed by atoms with E-state index in [2.05, 4.69) is 54.5 Å². The van der Waals surface area contributed by atoms with Crippen LogP contribution in [0.2, 0.25) is 0 Å². The van der Waals surface area contributed by atoms with Gasteiger partial charge in [0.15, 0.2) is 0 Å². The van der Waals surface area contributed by atoms with Crippen molar-refractivity contribution in [2.45, 2.75) is 33.7 Å². The number of anilines is 1. The van der Waals surface area contributed by atoms with Gasteiger partial charge in [-0.25, -0.2) is 0 Å². The molecule has 1 N–H and O–H groups in total. The molecule has 1 aromatic carbocycles. The minimum atomic E-state index is 0.806. The number of nitrogens with one attached hydrogen (secondary N) is 1. The molecule has 0 aliphatic heterocycles. The third-order valence-electron chi connectivity index (χ3n) is 2.49. The number of nitrogens with zero attached hydrogens (tertiary/aromatic N) is 2. The SMILES string of the molecule is CCc1nnc(NCc2cc(C)cc(C)c2)s1. The lowest BCUT2D eigenvalue weighted by atomic mass is 10.1. The molecule has 0 aliphatic carbocycles. The quantitative estimate of drug-likeness (QED) is 0.900. The first-order chi connectivity index (χ1) is 8.17. The van der Waals surface area contributed by atoms with Crippen molar-refractivity contribution < 1.29 is 0 Å². The maximum absolute atomic E-state index is 4.10. The van der Waals surface area contributed by atoms with Crippen LogP contribution in [0.25, 0.3) is 0 Å². The Balaban J connectivity index is 2.01. The number of benzene rings is 1. The summed E-state index contributed by atoms with van der Waals surface area (Å²) in [4.78, 5) is 0. The predicted octanol–water partition coefficient (Wildman–Crippen LogP) is 3.33. The lowest BCUT2D eigenvalue weighted by Gasteiger charge is -2.05. The summed E-state index contributed by atoms with van der Waals surface area (Å²) in [5.74, 6) is 0. The monoisotopic (exact) mass is 247 g/mol. The zero-order valence-corrected chi connectivity index (χ0v) is 11.3.